The van der Waals surface area contributed by atoms with Crippen molar-refractivity contribution in [2.24, 2.45) is 5.92 Å². The third-order valence-corrected chi connectivity index (χ3v) is 4.88. The van der Waals surface area contributed by atoms with Crippen LogP contribution < -0.4 is 4.90 Å². The molecule has 1 fully saturated rings. The number of benzene rings is 1. The first-order chi connectivity index (χ1) is 8.36. The fraction of sp³-hybridized carbons (Fsp3) is 0.500. The maximum atomic E-state index is 12.5. The van der Waals surface area contributed by atoms with Crippen molar-refractivity contribution in [2.75, 3.05) is 23.0 Å². The summed E-state index contributed by atoms with van der Waals surface area (Å²) in [6.07, 6.45) is 3.28. The average Bonchev–Trinajstić information content (AvgIpc) is 2.83. The van der Waals surface area contributed by atoms with Gasteiger partial charge in [0, 0.05) is 23.9 Å². The number of carbonyl (C=O) groups excluding carboxylic acids is 1. The Morgan fingerprint density at radius 2 is 2.24 bits per heavy atom. The van der Waals surface area contributed by atoms with Gasteiger partial charge >= 0.3 is 0 Å². The van der Waals surface area contributed by atoms with Gasteiger partial charge in [0.05, 0.1) is 0 Å². The van der Waals surface area contributed by atoms with Crippen LogP contribution in [0.3, 0.4) is 0 Å². The number of hydrogen-bond acceptors (Lipinski definition) is 2. The molecule has 1 unspecified atom stereocenters. The summed E-state index contributed by atoms with van der Waals surface area (Å²) >= 11 is 1.92. The molecule has 1 amide bonds. The Morgan fingerprint density at radius 3 is 3.06 bits per heavy atom. The van der Waals surface area contributed by atoms with Gasteiger partial charge in [-0.1, -0.05) is 18.2 Å². The van der Waals surface area contributed by atoms with Gasteiger partial charge in [-0.2, -0.15) is 11.8 Å². The van der Waals surface area contributed by atoms with Crippen LogP contribution in [0.25, 0.3) is 0 Å². The zero-order valence-electron chi connectivity index (χ0n) is 9.89. The first-order valence-electron chi connectivity index (χ1n) is 6.33. The molecule has 3 heteroatoms. The van der Waals surface area contributed by atoms with Gasteiger partial charge < -0.3 is 4.90 Å². The molecule has 0 saturated carbocycles. The highest BCUT2D eigenvalue weighted by Gasteiger charge is 2.30. The molecule has 0 radical (unpaired) electrons. The largest absolute Gasteiger partial charge is 0.312 e. The average molecular weight is 247 g/mol. The highest BCUT2D eigenvalue weighted by molar-refractivity contribution is 7.99. The van der Waals surface area contributed by atoms with Crippen molar-refractivity contribution in [3.63, 3.8) is 0 Å². The number of hydrogen-bond donors (Lipinski definition) is 0. The minimum absolute atomic E-state index is 0.250. The van der Waals surface area contributed by atoms with E-state index in [2.05, 4.69) is 18.2 Å². The summed E-state index contributed by atoms with van der Waals surface area (Å²) in [6.45, 7) is 0.874. The number of rotatable bonds is 1. The third-order valence-electron chi connectivity index (χ3n) is 3.66. The predicted octanol–water partition coefficient (Wildman–Crippen LogP) is 2.72. The molecule has 2 aliphatic heterocycles. The lowest BCUT2D eigenvalue weighted by Crippen LogP contribution is -2.37. The molecule has 0 aliphatic carbocycles. The molecule has 0 aromatic heterocycles. The summed E-state index contributed by atoms with van der Waals surface area (Å²) in [6, 6.07) is 8.30. The van der Waals surface area contributed by atoms with Crippen molar-refractivity contribution < 1.29 is 4.79 Å². The number of carbonyl (C=O) groups is 1. The van der Waals surface area contributed by atoms with E-state index < -0.39 is 0 Å². The SMILES string of the molecule is O=C(C1CCCSC1)N1CCc2ccccc21. The smallest absolute Gasteiger partial charge is 0.230 e. The van der Waals surface area contributed by atoms with Crippen LogP contribution in [0, 0.1) is 5.92 Å². The number of nitrogens with zero attached hydrogens (tertiary/aromatic N) is 1. The van der Waals surface area contributed by atoms with Crippen LogP contribution in [0.1, 0.15) is 18.4 Å². The maximum Gasteiger partial charge on any atom is 0.230 e. The molecule has 90 valence electrons. The Kier molecular flexibility index (Phi) is 3.10. The van der Waals surface area contributed by atoms with Gasteiger partial charge in [0.15, 0.2) is 0 Å². The van der Waals surface area contributed by atoms with Crippen molar-refractivity contribution in [1.82, 2.24) is 0 Å². The van der Waals surface area contributed by atoms with Crippen LogP contribution in [0.2, 0.25) is 0 Å². The minimum Gasteiger partial charge on any atom is -0.312 e. The zero-order valence-corrected chi connectivity index (χ0v) is 10.7. The molecule has 2 nitrogen and oxygen atoms in total. The standard InChI is InChI=1S/C14H17NOS/c16-14(12-5-3-9-17-10-12)15-8-7-11-4-1-2-6-13(11)15/h1-2,4,6,12H,3,5,7-10H2. The fourth-order valence-corrected chi connectivity index (χ4v) is 3.85. The van der Waals surface area contributed by atoms with Crippen LogP contribution >= 0.6 is 11.8 Å². The van der Waals surface area contributed by atoms with Gasteiger partial charge in [0.25, 0.3) is 0 Å². The first-order valence-corrected chi connectivity index (χ1v) is 7.49. The molecule has 1 aromatic rings. The summed E-state index contributed by atoms with van der Waals surface area (Å²) in [5.74, 6) is 2.83. The van der Waals surface area contributed by atoms with E-state index in [0.717, 1.165) is 30.8 Å². The van der Waals surface area contributed by atoms with Crippen molar-refractivity contribution in [2.45, 2.75) is 19.3 Å². The molecule has 0 bridgehead atoms. The maximum absolute atomic E-state index is 12.5. The summed E-state index contributed by atoms with van der Waals surface area (Å²) in [4.78, 5) is 14.5. The Bertz CT molecular complexity index is 426. The van der Waals surface area contributed by atoms with E-state index in [-0.39, 0.29) is 5.92 Å². The highest BCUT2D eigenvalue weighted by Crippen LogP contribution is 2.31. The third kappa shape index (κ3) is 2.08. The van der Waals surface area contributed by atoms with Crippen molar-refractivity contribution in [3.05, 3.63) is 29.8 Å². The van der Waals surface area contributed by atoms with Crippen LogP contribution in [-0.4, -0.2) is 24.0 Å². The Labute approximate surface area is 106 Å². The summed E-state index contributed by atoms with van der Waals surface area (Å²) in [7, 11) is 0. The van der Waals surface area contributed by atoms with Crippen molar-refractivity contribution >= 4 is 23.4 Å². The van der Waals surface area contributed by atoms with Gasteiger partial charge in [0.2, 0.25) is 5.91 Å². The number of thioether (sulfide) groups is 1. The Balaban J connectivity index is 1.79. The Hall–Kier alpha value is -0.960. The lowest BCUT2D eigenvalue weighted by atomic mass is 10.0. The van der Waals surface area contributed by atoms with E-state index in [4.69, 9.17) is 0 Å². The Morgan fingerprint density at radius 1 is 1.35 bits per heavy atom. The first kappa shape index (κ1) is 11.1. The van der Waals surface area contributed by atoms with E-state index in [1.54, 1.807) is 0 Å². The molecule has 2 heterocycles. The number of para-hydroxylation sites is 1. The second kappa shape index (κ2) is 4.73. The van der Waals surface area contributed by atoms with Crippen LogP contribution in [0.4, 0.5) is 5.69 Å². The van der Waals surface area contributed by atoms with Gasteiger partial charge in [-0.15, -0.1) is 0 Å². The van der Waals surface area contributed by atoms with Gasteiger partial charge in [0.1, 0.15) is 0 Å². The molecule has 0 spiro atoms. The highest BCUT2D eigenvalue weighted by atomic mass is 32.2. The molecule has 0 N–H and O–H groups in total. The fourth-order valence-electron chi connectivity index (χ4n) is 2.72. The number of amides is 1. The molecule has 17 heavy (non-hydrogen) atoms. The van der Waals surface area contributed by atoms with Gasteiger partial charge in [-0.05, 0) is 36.6 Å². The van der Waals surface area contributed by atoms with Crippen molar-refractivity contribution in [1.29, 1.82) is 0 Å². The predicted molar refractivity (Wildman–Crippen MR) is 72.5 cm³/mol. The quantitative estimate of drug-likeness (QED) is 0.760. The van der Waals surface area contributed by atoms with Gasteiger partial charge in [-0.25, -0.2) is 0 Å². The van der Waals surface area contributed by atoms with Crippen LogP contribution in [-0.2, 0) is 11.2 Å². The summed E-state index contributed by atoms with van der Waals surface area (Å²) in [5.41, 5.74) is 2.47. The normalized spacial score (nSPS) is 23.5. The molecule has 1 atom stereocenters. The molecule has 2 aliphatic rings. The lowest BCUT2D eigenvalue weighted by molar-refractivity contribution is -0.121. The molecule has 1 saturated heterocycles. The van der Waals surface area contributed by atoms with Crippen LogP contribution in [0.15, 0.2) is 24.3 Å². The topological polar surface area (TPSA) is 20.3 Å². The zero-order chi connectivity index (χ0) is 11.7. The second-order valence-electron chi connectivity index (χ2n) is 4.78. The van der Waals surface area contributed by atoms with Gasteiger partial charge in [-0.3, -0.25) is 4.79 Å². The van der Waals surface area contributed by atoms with E-state index in [1.165, 1.54) is 17.7 Å². The molecular weight excluding hydrogens is 230 g/mol. The second-order valence-corrected chi connectivity index (χ2v) is 5.93. The number of anilines is 1. The lowest BCUT2D eigenvalue weighted by Gasteiger charge is -2.26. The van der Waals surface area contributed by atoms with E-state index >= 15 is 0 Å². The molecule has 1 aromatic carbocycles. The molecule has 3 rings (SSSR count). The van der Waals surface area contributed by atoms with E-state index in [0.29, 0.717) is 5.91 Å². The number of fused-ring (bicyclic) bond motifs is 1. The van der Waals surface area contributed by atoms with Crippen LogP contribution in [0.5, 0.6) is 0 Å². The van der Waals surface area contributed by atoms with E-state index in [1.807, 2.05) is 22.7 Å². The molecular formula is C14H17NOS. The summed E-state index contributed by atoms with van der Waals surface area (Å²) in [5, 5.41) is 0. The summed E-state index contributed by atoms with van der Waals surface area (Å²) < 4.78 is 0. The monoisotopic (exact) mass is 247 g/mol. The van der Waals surface area contributed by atoms with E-state index in [9.17, 15) is 4.79 Å². The van der Waals surface area contributed by atoms with Crippen molar-refractivity contribution in [3.8, 4) is 0 Å². The minimum atomic E-state index is 0.250.